The molecule has 1 N–H and O–H groups in total. The summed E-state index contributed by atoms with van der Waals surface area (Å²) >= 11 is 9.37. The summed E-state index contributed by atoms with van der Waals surface area (Å²) < 4.78 is 39.6. The van der Waals surface area contributed by atoms with Crippen LogP contribution in [0.2, 0.25) is 5.02 Å². The molecule has 31 heavy (non-hydrogen) atoms. The molecule has 0 aliphatic carbocycles. The number of imidazole rings is 1. The first kappa shape index (κ1) is 21.6. The van der Waals surface area contributed by atoms with E-state index in [1.165, 1.54) is 6.07 Å². The highest BCUT2D eigenvalue weighted by atomic mass is 79.9. The largest absolute Gasteiger partial charge is 0.416 e. The molecule has 3 heterocycles. The van der Waals surface area contributed by atoms with Crippen LogP contribution in [0.5, 0.6) is 0 Å². The highest BCUT2D eigenvalue weighted by Crippen LogP contribution is 2.36. The molecule has 164 valence electrons. The third-order valence-corrected chi connectivity index (χ3v) is 5.95. The third-order valence-electron chi connectivity index (χ3n) is 5.07. The van der Waals surface area contributed by atoms with Crippen LogP contribution >= 0.6 is 27.5 Å². The van der Waals surface area contributed by atoms with Crippen molar-refractivity contribution in [1.29, 1.82) is 0 Å². The number of fused-ring (bicyclic) bond motifs is 1. The lowest BCUT2D eigenvalue weighted by Gasteiger charge is -2.40. The number of halogens is 5. The van der Waals surface area contributed by atoms with Crippen LogP contribution in [0.25, 0.3) is 11.0 Å². The van der Waals surface area contributed by atoms with Crippen molar-refractivity contribution in [2.24, 2.45) is 0 Å². The van der Waals surface area contributed by atoms with Crippen LogP contribution in [0, 0.1) is 10.1 Å². The maximum absolute atomic E-state index is 13.1. The van der Waals surface area contributed by atoms with E-state index in [-0.39, 0.29) is 26.7 Å². The van der Waals surface area contributed by atoms with Gasteiger partial charge in [0, 0.05) is 36.2 Å². The van der Waals surface area contributed by atoms with E-state index in [1.54, 1.807) is 0 Å². The van der Waals surface area contributed by atoms with E-state index in [0.29, 0.717) is 36.9 Å². The summed E-state index contributed by atoms with van der Waals surface area (Å²) in [6, 6.07) is 3.23. The van der Waals surface area contributed by atoms with Crippen molar-refractivity contribution in [3.05, 3.63) is 49.6 Å². The van der Waals surface area contributed by atoms with Gasteiger partial charge in [0.1, 0.15) is 17.5 Å². The van der Waals surface area contributed by atoms with Crippen molar-refractivity contribution >= 4 is 56.0 Å². The summed E-state index contributed by atoms with van der Waals surface area (Å²) in [6.45, 7) is 3.44. The molecule has 0 bridgehead atoms. The fraction of sp³-hybridized carbons (Fsp3) is 0.333. The number of piperazine rings is 1. The van der Waals surface area contributed by atoms with Gasteiger partial charge in [-0.1, -0.05) is 11.6 Å². The monoisotopic (exact) mass is 518 g/mol. The fourth-order valence-electron chi connectivity index (χ4n) is 3.58. The quantitative estimate of drug-likeness (QED) is 0.386. The second-order valence-electron chi connectivity index (χ2n) is 7.16. The number of nitro groups is 1. The number of hydrogen-bond acceptors (Lipinski definition) is 6. The maximum atomic E-state index is 13.1. The van der Waals surface area contributed by atoms with E-state index in [1.807, 2.05) is 16.7 Å². The summed E-state index contributed by atoms with van der Waals surface area (Å²) in [6.07, 6.45) is -3.30. The molecule has 3 aromatic rings. The first-order valence-corrected chi connectivity index (χ1v) is 10.3. The van der Waals surface area contributed by atoms with Crippen molar-refractivity contribution in [2.75, 3.05) is 29.4 Å². The minimum atomic E-state index is -4.46. The highest BCUT2D eigenvalue weighted by Gasteiger charge is 2.33. The SMILES string of the molecule is C[C@H]1CN(c2ncc([N+](=O)[O-])cc2Cl)CCN1c1nc2c(Br)cc(C(F)(F)F)cc2[nH]1. The molecular weight excluding hydrogens is 505 g/mol. The average molecular weight is 520 g/mol. The molecule has 8 nitrogen and oxygen atoms in total. The molecule has 13 heteroatoms. The van der Waals surface area contributed by atoms with Crippen molar-refractivity contribution in [3.8, 4) is 0 Å². The molecule has 1 aliphatic rings. The lowest BCUT2D eigenvalue weighted by molar-refractivity contribution is -0.385. The number of anilines is 2. The second-order valence-corrected chi connectivity index (χ2v) is 8.42. The van der Waals surface area contributed by atoms with Gasteiger partial charge in [-0.05, 0) is 35.0 Å². The molecule has 2 aromatic heterocycles. The number of aromatic nitrogens is 3. The Kier molecular flexibility index (Phi) is 5.46. The Bertz CT molecular complexity index is 1170. The molecule has 0 unspecified atom stereocenters. The Labute approximate surface area is 187 Å². The Morgan fingerprint density at radius 2 is 2.06 bits per heavy atom. The normalized spacial score (nSPS) is 17.4. The van der Waals surface area contributed by atoms with Gasteiger partial charge in [-0.15, -0.1) is 0 Å². The number of benzene rings is 1. The smallest absolute Gasteiger partial charge is 0.352 e. The van der Waals surface area contributed by atoms with Crippen molar-refractivity contribution in [1.82, 2.24) is 15.0 Å². The Morgan fingerprint density at radius 3 is 2.68 bits per heavy atom. The van der Waals surface area contributed by atoms with Crippen LogP contribution in [0.15, 0.2) is 28.9 Å². The Balaban J connectivity index is 1.57. The van der Waals surface area contributed by atoms with Gasteiger partial charge in [-0.25, -0.2) is 9.97 Å². The molecule has 4 rings (SSSR count). The van der Waals surface area contributed by atoms with Crippen molar-refractivity contribution in [2.45, 2.75) is 19.1 Å². The molecular formula is C18H15BrClF3N6O2. The van der Waals surface area contributed by atoms with Gasteiger partial charge < -0.3 is 14.8 Å². The molecule has 0 radical (unpaired) electrons. The number of hydrogen-bond donors (Lipinski definition) is 1. The predicted octanol–water partition coefficient (Wildman–Crippen LogP) is 5.02. The average Bonchev–Trinajstić information content (AvgIpc) is 3.11. The van der Waals surface area contributed by atoms with Crippen molar-refractivity contribution < 1.29 is 18.1 Å². The summed E-state index contributed by atoms with van der Waals surface area (Å²) in [5.74, 6) is 0.908. The lowest BCUT2D eigenvalue weighted by Crippen LogP contribution is -2.52. The topological polar surface area (TPSA) is 91.2 Å². The first-order valence-electron chi connectivity index (χ1n) is 9.12. The van der Waals surface area contributed by atoms with Gasteiger partial charge in [0.15, 0.2) is 0 Å². The second kappa shape index (κ2) is 7.83. The number of rotatable bonds is 3. The van der Waals surface area contributed by atoms with Crippen LogP contribution < -0.4 is 9.80 Å². The number of nitrogens with zero attached hydrogens (tertiary/aromatic N) is 5. The standard InChI is InChI=1S/C18H15BrClF3N6O2/c1-9-8-27(16-13(20)6-11(7-24-16)29(30)31)2-3-28(9)17-25-14-5-10(18(21,22)23)4-12(19)15(14)26-17/h4-7,9H,2-3,8H2,1H3,(H,25,26)/t9-/m0/s1. The zero-order valence-corrected chi connectivity index (χ0v) is 18.3. The molecule has 0 spiro atoms. The Hall–Kier alpha value is -2.60. The van der Waals surface area contributed by atoms with Crippen LogP contribution in [-0.2, 0) is 6.18 Å². The molecule has 1 aliphatic heterocycles. The minimum absolute atomic E-state index is 0.0803. The molecule has 0 saturated carbocycles. The zero-order valence-electron chi connectivity index (χ0n) is 16.0. The summed E-state index contributed by atoms with van der Waals surface area (Å²) in [7, 11) is 0. The number of aromatic amines is 1. The zero-order chi connectivity index (χ0) is 22.5. The summed E-state index contributed by atoms with van der Waals surface area (Å²) in [4.78, 5) is 25.8. The van der Waals surface area contributed by atoms with Gasteiger partial charge in [0.2, 0.25) is 5.95 Å². The lowest BCUT2D eigenvalue weighted by atomic mass is 10.2. The van der Waals surface area contributed by atoms with Gasteiger partial charge in [-0.2, -0.15) is 13.2 Å². The van der Waals surface area contributed by atoms with Crippen molar-refractivity contribution in [3.63, 3.8) is 0 Å². The van der Waals surface area contributed by atoms with Gasteiger partial charge in [-0.3, -0.25) is 10.1 Å². The molecule has 1 fully saturated rings. The number of pyridine rings is 1. The molecule has 1 atom stereocenters. The number of H-pyrrole nitrogens is 1. The Morgan fingerprint density at radius 1 is 1.32 bits per heavy atom. The van der Waals surface area contributed by atoms with E-state index in [2.05, 4.69) is 30.9 Å². The van der Waals surface area contributed by atoms with Gasteiger partial charge in [0.25, 0.3) is 5.69 Å². The van der Waals surface area contributed by atoms with Gasteiger partial charge in [0.05, 0.1) is 21.0 Å². The van der Waals surface area contributed by atoms with Gasteiger partial charge >= 0.3 is 6.18 Å². The van der Waals surface area contributed by atoms with E-state index in [4.69, 9.17) is 11.6 Å². The van der Waals surface area contributed by atoms with E-state index >= 15 is 0 Å². The minimum Gasteiger partial charge on any atom is -0.352 e. The fourth-order valence-corrected chi connectivity index (χ4v) is 4.41. The van der Waals surface area contributed by atoms with Crippen LogP contribution in [-0.4, -0.2) is 45.6 Å². The molecule has 1 saturated heterocycles. The summed E-state index contributed by atoms with van der Waals surface area (Å²) in [5, 5.41) is 11.1. The molecule has 1 aromatic carbocycles. The summed E-state index contributed by atoms with van der Waals surface area (Å²) in [5.41, 5.74) is -0.255. The third kappa shape index (κ3) is 4.13. The van der Waals surface area contributed by atoms with E-state index in [0.717, 1.165) is 18.3 Å². The number of alkyl halides is 3. The maximum Gasteiger partial charge on any atom is 0.416 e. The van der Waals surface area contributed by atoms with Crippen LogP contribution in [0.3, 0.4) is 0 Å². The van der Waals surface area contributed by atoms with E-state index in [9.17, 15) is 23.3 Å². The van der Waals surface area contributed by atoms with Crippen LogP contribution in [0.4, 0.5) is 30.6 Å². The predicted molar refractivity (Wildman–Crippen MR) is 114 cm³/mol. The highest BCUT2D eigenvalue weighted by molar-refractivity contribution is 9.10. The number of nitrogens with one attached hydrogen (secondary N) is 1. The van der Waals surface area contributed by atoms with E-state index < -0.39 is 16.7 Å². The first-order chi connectivity index (χ1) is 14.5. The van der Waals surface area contributed by atoms with Crippen LogP contribution in [0.1, 0.15) is 12.5 Å². The molecule has 0 amide bonds.